The summed E-state index contributed by atoms with van der Waals surface area (Å²) < 4.78 is 0. The van der Waals surface area contributed by atoms with Crippen LogP contribution in [0.25, 0.3) is 22.5 Å². The Bertz CT molecular complexity index is 1240. The zero-order valence-electron chi connectivity index (χ0n) is 15.7. The van der Waals surface area contributed by atoms with Gasteiger partial charge in [-0.15, -0.1) is 5.10 Å². The topological polar surface area (TPSA) is 94.5 Å². The first kappa shape index (κ1) is 18.1. The summed E-state index contributed by atoms with van der Waals surface area (Å²) in [4.78, 5) is 17.0. The second kappa shape index (κ2) is 7.79. The monoisotopic (exact) mass is 379 g/mol. The lowest BCUT2D eigenvalue weighted by molar-refractivity contribution is 0.102. The van der Waals surface area contributed by atoms with Crippen LogP contribution in [0.3, 0.4) is 0 Å². The van der Waals surface area contributed by atoms with Crippen molar-refractivity contribution < 1.29 is 4.79 Å². The van der Waals surface area contributed by atoms with Crippen molar-refractivity contribution in [2.24, 2.45) is 0 Å². The molecule has 2 N–H and O–H groups in total. The highest BCUT2D eigenvalue weighted by Crippen LogP contribution is 2.22. The Morgan fingerprint density at radius 3 is 2.48 bits per heavy atom. The Morgan fingerprint density at radius 2 is 1.69 bits per heavy atom. The average Bonchev–Trinajstić information content (AvgIpc) is 3.22. The molecule has 0 bridgehead atoms. The predicted octanol–water partition coefficient (Wildman–Crippen LogP) is 4.57. The van der Waals surface area contributed by atoms with Crippen molar-refractivity contribution in [3.63, 3.8) is 0 Å². The van der Waals surface area contributed by atoms with Gasteiger partial charge in [0.1, 0.15) is 0 Å². The van der Waals surface area contributed by atoms with Gasteiger partial charge in [-0.25, -0.2) is 0 Å². The molecule has 6 nitrogen and oxygen atoms in total. The summed E-state index contributed by atoms with van der Waals surface area (Å²) in [6, 6.07) is 24.6. The van der Waals surface area contributed by atoms with Gasteiger partial charge in [-0.1, -0.05) is 54.1 Å². The number of H-pyrrole nitrogens is 1. The fourth-order valence-corrected chi connectivity index (χ4v) is 3.02. The van der Waals surface area contributed by atoms with Gasteiger partial charge in [-0.2, -0.15) is 10.2 Å². The molecule has 0 saturated heterocycles. The van der Waals surface area contributed by atoms with Crippen LogP contribution < -0.4 is 5.32 Å². The minimum absolute atomic E-state index is 0.174. The molecular weight excluding hydrogens is 362 g/mol. The van der Waals surface area contributed by atoms with Gasteiger partial charge in [0.15, 0.2) is 5.82 Å². The lowest BCUT2D eigenvalue weighted by Gasteiger charge is -2.06. The molecule has 0 aliphatic carbocycles. The van der Waals surface area contributed by atoms with Gasteiger partial charge < -0.3 is 0 Å². The fraction of sp³-hybridized carbons (Fsp3) is 0.0435. The van der Waals surface area contributed by atoms with Crippen LogP contribution in [-0.2, 0) is 0 Å². The molecule has 0 fully saturated rings. The molecule has 6 heteroatoms. The Kier molecular flexibility index (Phi) is 4.87. The average molecular weight is 379 g/mol. The summed E-state index contributed by atoms with van der Waals surface area (Å²) in [6.07, 6.45) is 0. The normalized spacial score (nSPS) is 10.3. The van der Waals surface area contributed by atoms with Crippen LogP contribution in [0.15, 0.2) is 72.8 Å². The van der Waals surface area contributed by atoms with Crippen molar-refractivity contribution in [3.05, 3.63) is 89.5 Å². The van der Waals surface area contributed by atoms with Gasteiger partial charge in [0.2, 0.25) is 5.95 Å². The quantitative estimate of drug-likeness (QED) is 0.543. The summed E-state index contributed by atoms with van der Waals surface area (Å²) in [7, 11) is 0. The van der Waals surface area contributed by atoms with E-state index in [2.05, 4.69) is 32.6 Å². The molecular formula is C23H17N5O. The molecule has 29 heavy (non-hydrogen) atoms. The Balaban J connectivity index is 1.54. The maximum atomic E-state index is 12.7. The number of nitriles is 1. The second-order valence-corrected chi connectivity index (χ2v) is 6.60. The zero-order chi connectivity index (χ0) is 20.2. The first-order valence-electron chi connectivity index (χ1n) is 9.04. The van der Waals surface area contributed by atoms with Gasteiger partial charge in [-0.05, 0) is 42.3 Å². The molecule has 0 aliphatic heterocycles. The van der Waals surface area contributed by atoms with E-state index < -0.39 is 0 Å². The molecule has 1 amide bonds. The molecule has 1 aromatic heterocycles. The molecule has 4 aromatic rings. The number of amides is 1. The highest BCUT2D eigenvalue weighted by molar-refractivity contribution is 6.04. The SMILES string of the molecule is Cc1cccc(-c2cccc(C(=O)Nc3n[nH]c(-c4cccc(C#N)c4)n3)c2)c1. The summed E-state index contributed by atoms with van der Waals surface area (Å²) in [5, 5.41) is 18.6. The summed E-state index contributed by atoms with van der Waals surface area (Å²) in [5.41, 5.74) is 4.94. The molecule has 0 radical (unpaired) electrons. The van der Waals surface area contributed by atoms with Crippen molar-refractivity contribution in [1.82, 2.24) is 15.2 Å². The fourth-order valence-electron chi connectivity index (χ4n) is 3.02. The number of carbonyl (C=O) groups excluding carboxylic acids is 1. The molecule has 0 spiro atoms. The minimum Gasteiger partial charge on any atom is -0.289 e. The number of carbonyl (C=O) groups is 1. The Morgan fingerprint density at radius 1 is 0.966 bits per heavy atom. The zero-order valence-corrected chi connectivity index (χ0v) is 15.7. The van der Waals surface area contributed by atoms with Crippen molar-refractivity contribution in [2.75, 3.05) is 5.32 Å². The number of anilines is 1. The molecule has 0 unspecified atom stereocenters. The van der Waals surface area contributed by atoms with Crippen molar-refractivity contribution in [1.29, 1.82) is 5.26 Å². The molecule has 3 aromatic carbocycles. The van der Waals surface area contributed by atoms with Crippen molar-refractivity contribution >= 4 is 11.9 Å². The third kappa shape index (κ3) is 4.04. The van der Waals surface area contributed by atoms with Crippen LogP contribution in [0.5, 0.6) is 0 Å². The number of rotatable bonds is 4. The minimum atomic E-state index is -0.296. The van der Waals surface area contributed by atoms with E-state index in [0.29, 0.717) is 17.0 Å². The maximum absolute atomic E-state index is 12.7. The van der Waals surface area contributed by atoms with E-state index in [-0.39, 0.29) is 11.9 Å². The summed E-state index contributed by atoms with van der Waals surface area (Å²) >= 11 is 0. The lowest BCUT2D eigenvalue weighted by Crippen LogP contribution is -2.13. The predicted molar refractivity (Wildman–Crippen MR) is 111 cm³/mol. The van der Waals surface area contributed by atoms with Crippen molar-refractivity contribution in [3.8, 4) is 28.6 Å². The Hall–Kier alpha value is -4.24. The highest BCUT2D eigenvalue weighted by atomic mass is 16.1. The highest BCUT2D eigenvalue weighted by Gasteiger charge is 2.12. The van der Waals surface area contributed by atoms with Crippen LogP contribution in [0.2, 0.25) is 0 Å². The molecule has 140 valence electrons. The number of aromatic nitrogens is 3. The molecule has 0 aliphatic rings. The summed E-state index contributed by atoms with van der Waals surface area (Å²) in [5.74, 6) is 0.357. The number of aromatic amines is 1. The third-order valence-corrected chi connectivity index (χ3v) is 4.45. The Labute approximate surface area is 167 Å². The first-order valence-corrected chi connectivity index (χ1v) is 9.04. The van der Waals surface area contributed by atoms with Crippen LogP contribution in [0.1, 0.15) is 21.5 Å². The number of hydrogen-bond acceptors (Lipinski definition) is 4. The second-order valence-electron chi connectivity index (χ2n) is 6.60. The molecule has 0 saturated carbocycles. The number of hydrogen-bond donors (Lipinski definition) is 2. The van der Waals surface area contributed by atoms with Crippen LogP contribution in [-0.4, -0.2) is 21.1 Å². The number of benzene rings is 3. The van der Waals surface area contributed by atoms with E-state index in [0.717, 1.165) is 22.3 Å². The van der Waals surface area contributed by atoms with Crippen LogP contribution in [0, 0.1) is 18.3 Å². The van der Waals surface area contributed by atoms with Gasteiger partial charge in [-0.3, -0.25) is 15.2 Å². The largest absolute Gasteiger partial charge is 0.289 e. The first-order chi connectivity index (χ1) is 14.1. The molecule has 0 atom stereocenters. The van der Waals surface area contributed by atoms with Crippen LogP contribution in [0.4, 0.5) is 5.95 Å². The van der Waals surface area contributed by atoms with Gasteiger partial charge >= 0.3 is 0 Å². The van der Waals surface area contributed by atoms with Gasteiger partial charge in [0.05, 0.1) is 11.6 Å². The third-order valence-electron chi connectivity index (χ3n) is 4.45. The van der Waals surface area contributed by atoms with Gasteiger partial charge in [0, 0.05) is 11.1 Å². The van der Waals surface area contributed by atoms with E-state index in [1.165, 1.54) is 0 Å². The number of nitrogens with zero attached hydrogens (tertiary/aromatic N) is 3. The number of aryl methyl sites for hydroxylation is 1. The van der Waals surface area contributed by atoms with Crippen molar-refractivity contribution in [2.45, 2.75) is 6.92 Å². The smallest absolute Gasteiger partial charge is 0.258 e. The van der Waals surface area contributed by atoms with E-state index in [4.69, 9.17) is 5.26 Å². The molecule has 1 heterocycles. The summed E-state index contributed by atoms with van der Waals surface area (Å²) in [6.45, 7) is 2.03. The van der Waals surface area contributed by atoms with Gasteiger partial charge in [0.25, 0.3) is 5.91 Å². The van der Waals surface area contributed by atoms with Crippen LogP contribution >= 0.6 is 0 Å². The van der Waals surface area contributed by atoms with E-state index in [1.807, 2.05) is 49.4 Å². The van der Waals surface area contributed by atoms with E-state index >= 15 is 0 Å². The maximum Gasteiger partial charge on any atom is 0.258 e. The number of nitrogens with one attached hydrogen (secondary N) is 2. The van der Waals surface area contributed by atoms with E-state index in [1.54, 1.807) is 24.3 Å². The lowest BCUT2D eigenvalue weighted by atomic mass is 10.0. The standard InChI is InChI=1S/C23H17N5O/c1-15-5-2-7-17(11-15)18-8-4-10-20(13-18)22(29)26-23-25-21(27-28-23)19-9-3-6-16(12-19)14-24/h2-13H,1H3,(H2,25,26,27,28,29). The van der Waals surface area contributed by atoms with E-state index in [9.17, 15) is 4.79 Å². The molecule has 4 rings (SSSR count).